The molecule has 2 aliphatic rings. The van der Waals surface area contributed by atoms with E-state index in [0.717, 1.165) is 58.0 Å². The largest absolute Gasteiger partial charge is 0.494 e. The highest BCUT2D eigenvalue weighted by Crippen LogP contribution is 2.40. The molecule has 0 aliphatic carbocycles. The molecule has 2 aromatic heterocycles. The fourth-order valence-corrected chi connectivity index (χ4v) is 9.10. The number of ether oxygens (including phenoxy) is 1. The molecule has 16 heteroatoms. The van der Waals surface area contributed by atoms with Crippen molar-refractivity contribution in [3.05, 3.63) is 88.3 Å². The maximum absolute atomic E-state index is 12.8. The van der Waals surface area contributed by atoms with Gasteiger partial charge in [0.15, 0.2) is 0 Å². The Labute approximate surface area is 338 Å². The minimum Gasteiger partial charge on any atom is -0.494 e. The molecule has 4 aromatic rings. The number of aryl methyl sites for hydroxylation is 1. The standard InChI is InChI=1S/C41H50N8O6S2/c1-26-22-43-40(47-38(26)44-29-11-9-12-31(21-29)57(53,54)48-41(3,4)5)45-28-16-18-30(19-17-28)55-20-8-6-7-14-36(50)42-23-35-32-24-49(27(2)33(32)25-56-35)34-13-10-15-37(51)46-39(34)52/h9,11-12,16-19,21-22,25,34,48H,2,6-8,10,13-15,20,23-24H2,1,3-5H3,(H,42,50)(H,46,51,52)(H2,43,44,45,47)/t34-/m0/s1. The van der Waals surface area contributed by atoms with Crippen molar-refractivity contribution < 1.29 is 27.5 Å². The van der Waals surface area contributed by atoms with Crippen LogP contribution in [-0.2, 0) is 37.5 Å². The van der Waals surface area contributed by atoms with Gasteiger partial charge in [-0.15, -0.1) is 11.3 Å². The number of imide groups is 1. The van der Waals surface area contributed by atoms with Crippen LogP contribution in [0.3, 0.4) is 0 Å². The molecular formula is C41H50N8O6S2. The van der Waals surface area contributed by atoms with E-state index in [1.165, 1.54) is 0 Å². The van der Waals surface area contributed by atoms with Crippen LogP contribution in [-0.4, -0.2) is 59.2 Å². The number of benzene rings is 2. The minimum atomic E-state index is -3.70. The summed E-state index contributed by atoms with van der Waals surface area (Å²) in [6, 6.07) is 13.6. The average Bonchev–Trinajstić information content (AvgIpc) is 3.65. The van der Waals surface area contributed by atoms with Gasteiger partial charge in [-0.2, -0.15) is 4.98 Å². The van der Waals surface area contributed by atoms with E-state index in [9.17, 15) is 22.8 Å². The second-order valence-corrected chi connectivity index (χ2v) is 17.9. The number of unbranched alkanes of at least 4 members (excludes halogenated alkanes) is 2. The summed E-state index contributed by atoms with van der Waals surface area (Å²) in [7, 11) is -3.70. The molecule has 5 N–H and O–H groups in total. The molecular weight excluding hydrogens is 765 g/mol. The summed E-state index contributed by atoms with van der Waals surface area (Å²) in [6.07, 6.45) is 6.11. The van der Waals surface area contributed by atoms with Gasteiger partial charge in [0.2, 0.25) is 33.7 Å². The van der Waals surface area contributed by atoms with Crippen LogP contribution in [0.1, 0.15) is 87.3 Å². The zero-order chi connectivity index (χ0) is 40.7. The van der Waals surface area contributed by atoms with E-state index < -0.39 is 21.6 Å². The van der Waals surface area contributed by atoms with Gasteiger partial charge in [-0.3, -0.25) is 19.7 Å². The smallest absolute Gasteiger partial charge is 0.249 e. The summed E-state index contributed by atoms with van der Waals surface area (Å²) in [5, 5.41) is 14.0. The zero-order valence-corrected chi connectivity index (χ0v) is 34.4. The first-order chi connectivity index (χ1) is 27.1. The van der Waals surface area contributed by atoms with Crippen LogP contribution in [0.5, 0.6) is 5.75 Å². The van der Waals surface area contributed by atoms with Crippen molar-refractivity contribution in [2.24, 2.45) is 0 Å². The van der Waals surface area contributed by atoms with Crippen molar-refractivity contribution in [2.45, 2.75) is 102 Å². The first kappa shape index (κ1) is 41.3. The van der Waals surface area contributed by atoms with Crippen molar-refractivity contribution in [1.82, 2.24) is 30.2 Å². The number of thiophene rings is 1. The Balaban J connectivity index is 0.898. The predicted octanol–water partition coefficient (Wildman–Crippen LogP) is 6.65. The Morgan fingerprint density at radius 2 is 1.86 bits per heavy atom. The topological polar surface area (TPSA) is 184 Å². The number of hydrogen-bond acceptors (Lipinski definition) is 12. The molecule has 1 saturated heterocycles. The number of carbonyl (C=O) groups excluding carboxylic acids is 3. The van der Waals surface area contributed by atoms with Crippen molar-refractivity contribution >= 4 is 67.9 Å². The third-order valence-corrected chi connectivity index (χ3v) is 12.3. The molecule has 1 atom stereocenters. The lowest BCUT2D eigenvalue weighted by atomic mass is 10.1. The third kappa shape index (κ3) is 11.0. The number of anilines is 4. The van der Waals surface area contributed by atoms with Crippen molar-refractivity contribution in [3.8, 4) is 5.75 Å². The van der Waals surface area contributed by atoms with E-state index in [2.05, 4.69) is 42.5 Å². The SMILES string of the molecule is C=C1c2csc(CNC(=O)CCCCCOc3ccc(Nc4ncc(C)c(Nc5cccc(S(=O)(=O)NC(C)(C)C)c5)n4)cc3)c2CN1[C@H]1CCCC(=O)NC1=O. The Hall–Kier alpha value is -5.32. The first-order valence-corrected chi connectivity index (χ1v) is 21.4. The maximum Gasteiger partial charge on any atom is 0.249 e. The molecule has 14 nitrogen and oxygen atoms in total. The van der Waals surface area contributed by atoms with Crippen LogP contribution in [0, 0.1) is 6.92 Å². The number of fused-ring (bicyclic) bond motifs is 1. The Morgan fingerprint density at radius 1 is 1.07 bits per heavy atom. The lowest BCUT2D eigenvalue weighted by Crippen LogP contribution is -2.44. The van der Waals surface area contributed by atoms with Crippen molar-refractivity contribution in [1.29, 1.82) is 0 Å². The van der Waals surface area contributed by atoms with Gasteiger partial charge in [-0.1, -0.05) is 12.6 Å². The molecule has 2 aliphatic heterocycles. The fourth-order valence-electron chi connectivity index (χ4n) is 6.63. The fraction of sp³-hybridized carbons (Fsp3) is 0.390. The monoisotopic (exact) mass is 814 g/mol. The number of sulfonamides is 1. The minimum absolute atomic E-state index is 0.00855. The summed E-state index contributed by atoms with van der Waals surface area (Å²) < 4.78 is 34.3. The highest BCUT2D eigenvalue weighted by molar-refractivity contribution is 7.89. The summed E-state index contributed by atoms with van der Waals surface area (Å²) in [5.41, 5.74) is 4.40. The van der Waals surface area contributed by atoms with E-state index in [-0.39, 0.29) is 22.6 Å². The number of nitrogens with zero attached hydrogens (tertiary/aromatic N) is 3. The van der Waals surface area contributed by atoms with Crippen LogP contribution in [0.15, 0.2) is 71.6 Å². The van der Waals surface area contributed by atoms with Crippen LogP contribution >= 0.6 is 11.3 Å². The molecule has 0 radical (unpaired) electrons. The van der Waals surface area contributed by atoms with Gasteiger partial charge in [-0.05, 0) is 108 Å². The molecule has 1 fully saturated rings. The first-order valence-electron chi connectivity index (χ1n) is 19.1. The highest BCUT2D eigenvalue weighted by atomic mass is 32.2. The molecule has 302 valence electrons. The van der Waals surface area contributed by atoms with Gasteiger partial charge in [0.05, 0.1) is 18.0 Å². The normalized spacial score (nSPS) is 15.8. The number of amides is 3. The van der Waals surface area contributed by atoms with Crippen LogP contribution < -0.4 is 30.7 Å². The lowest BCUT2D eigenvalue weighted by Gasteiger charge is -2.28. The van der Waals surface area contributed by atoms with E-state index in [1.54, 1.807) is 62.6 Å². The summed E-state index contributed by atoms with van der Waals surface area (Å²) >= 11 is 1.59. The van der Waals surface area contributed by atoms with Gasteiger partial charge in [0.1, 0.15) is 17.6 Å². The molecule has 6 rings (SSSR count). The number of rotatable bonds is 16. The Morgan fingerprint density at radius 3 is 2.63 bits per heavy atom. The number of carbonyl (C=O) groups is 3. The summed E-state index contributed by atoms with van der Waals surface area (Å²) in [5.74, 6) is 1.12. The molecule has 4 heterocycles. The van der Waals surface area contributed by atoms with Crippen LogP contribution in [0.2, 0.25) is 0 Å². The number of hydrogen-bond donors (Lipinski definition) is 5. The highest BCUT2D eigenvalue weighted by Gasteiger charge is 2.36. The zero-order valence-electron chi connectivity index (χ0n) is 32.7. The van der Waals surface area contributed by atoms with Gasteiger partial charge < -0.3 is 25.6 Å². The molecule has 0 unspecified atom stereocenters. The molecule has 2 aromatic carbocycles. The van der Waals surface area contributed by atoms with E-state index >= 15 is 0 Å². The lowest BCUT2D eigenvalue weighted by molar-refractivity contribution is -0.131. The van der Waals surface area contributed by atoms with Gasteiger partial charge >= 0.3 is 0 Å². The molecule has 0 bridgehead atoms. The molecule has 57 heavy (non-hydrogen) atoms. The number of nitrogens with one attached hydrogen (secondary N) is 5. The number of aromatic nitrogens is 2. The average molecular weight is 815 g/mol. The second kappa shape index (κ2) is 17.9. The third-order valence-electron chi connectivity index (χ3n) is 9.48. The summed E-state index contributed by atoms with van der Waals surface area (Å²) in [6.45, 7) is 13.0. The van der Waals surface area contributed by atoms with Gasteiger partial charge in [0, 0.05) is 69.6 Å². The molecule has 0 saturated carbocycles. The predicted molar refractivity (Wildman–Crippen MR) is 222 cm³/mol. The van der Waals surface area contributed by atoms with Crippen molar-refractivity contribution in [3.63, 3.8) is 0 Å². The van der Waals surface area contributed by atoms with E-state index in [0.29, 0.717) is 62.8 Å². The van der Waals surface area contributed by atoms with Crippen LogP contribution in [0.25, 0.3) is 5.70 Å². The van der Waals surface area contributed by atoms with Gasteiger partial charge in [-0.25, -0.2) is 18.1 Å². The van der Waals surface area contributed by atoms with E-state index in [1.807, 2.05) is 41.5 Å². The molecule has 0 spiro atoms. The van der Waals surface area contributed by atoms with E-state index in [4.69, 9.17) is 4.74 Å². The van der Waals surface area contributed by atoms with Gasteiger partial charge in [0.25, 0.3) is 0 Å². The van der Waals surface area contributed by atoms with Crippen LogP contribution in [0.4, 0.5) is 23.1 Å². The van der Waals surface area contributed by atoms with Crippen molar-refractivity contribution in [2.75, 3.05) is 17.2 Å². The second-order valence-electron chi connectivity index (χ2n) is 15.3. The Kier molecular flexibility index (Phi) is 12.9. The molecule has 3 amide bonds. The quantitative estimate of drug-likeness (QED) is 0.0603. The maximum atomic E-state index is 12.8. The Bertz CT molecular complexity index is 2230. The summed E-state index contributed by atoms with van der Waals surface area (Å²) in [4.78, 5) is 49.3.